The highest BCUT2D eigenvalue weighted by Crippen LogP contribution is 2.23. The Morgan fingerprint density at radius 2 is 1.87 bits per heavy atom. The summed E-state index contributed by atoms with van der Waals surface area (Å²) < 4.78 is 27.9. The molecule has 0 unspecified atom stereocenters. The molecular weight excluding hydrogens is 398 g/mol. The largest absolute Gasteiger partial charge is 0.360 e. The van der Waals surface area contributed by atoms with Gasteiger partial charge in [0.15, 0.2) is 5.11 Å². The highest BCUT2D eigenvalue weighted by molar-refractivity contribution is 9.10. The van der Waals surface area contributed by atoms with Crippen LogP contribution in [0.4, 0.5) is 0 Å². The number of benzene rings is 1. The smallest absolute Gasteiger partial charge is 0.243 e. The summed E-state index contributed by atoms with van der Waals surface area (Å²) in [6.07, 6.45) is 0. The van der Waals surface area contributed by atoms with E-state index in [9.17, 15) is 8.42 Å². The van der Waals surface area contributed by atoms with Crippen LogP contribution in [-0.2, 0) is 10.0 Å². The second-order valence-electron chi connectivity index (χ2n) is 5.91. The predicted octanol–water partition coefficient (Wildman–Crippen LogP) is 2.35. The van der Waals surface area contributed by atoms with E-state index in [2.05, 4.69) is 21.2 Å². The highest BCUT2D eigenvalue weighted by Gasteiger charge is 2.29. The van der Waals surface area contributed by atoms with Gasteiger partial charge in [-0.3, -0.25) is 0 Å². The van der Waals surface area contributed by atoms with Crippen LogP contribution in [0.2, 0.25) is 0 Å². The molecule has 0 saturated carbocycles. The zero-order valence-corrected chi connectivity index (χ0v) is 16.8. The third-order valence-electron chi connectivity index (χ3n) is 3.71. The molecule has 0 aliphatic carbocycles. The molecule has 0 radical (unpaired) electrons. The van der Waals surface area contributed by atoms with Crippen molar-refractivity contribution in [3.8, 4) is 0 Å². The fourth-order valence-electron chi connectivity index (χ4n) is 2.40. The number of hydrogen-bond acceptors (Lipinski definition) is 3. The Morgan fingerprint density at radius 1 is 1.26 bits per heavy atom. The third-order valence-corrected chi connectivity index (χ3v) is 6.87. The lowest BCUT2D eigenvalue weighted by atomic mass is 10.2. The number of piperazine rings is 1. The van der Waals surface area contributed by atoms with E-state index in [0.29, 0.717) is 36.2 Å². The minimum Gasteiger partial charge on any atom is -0.360 e. The van der Waals surface area contributed by atoms with Crippen molar-refractivity contribution < 1.29 is 8.42 Å². The van der Waals surface area contributed by atoms with E-state index in [1.807, 2.05) is 25.7 Å². The molecule has 8 heteroatoms. The average molecular weight is 420 g/mol. The zero-order valence-electron chi connectivity index (χ0n) is 13.5. The lowest BCUT2D eigenvalue weighted by Crippen LogP contribution is -2.53. The summed E-state index contributed by atoms with van der Waals surface area (Å²) in [6.45, 7) is 8.04. The molecule has 1 N–H and O–H groups in total. The Morgan fingerprint density at radius 3 is 2.39 bits per heavy atom. The van der Waals surface area contributed by atoms with Crippen LogP contribution >= 0.6 is 28.1 Å². The van der Waals surface area contributed by atoms with Crippen molar-refractivity contribution >= 4 is 43.3 Å². The Labute approximate surface area is 152 Å². The second kappa shape index (κ2) is 7.46. The molecule has 0 aromatic heterocycles. The van der Waals surface area contributed by atoms with Crippen molar-refractivity contribution in [1.82, 2.24) is 14.5 Å². The normalized spacial score (nSPS) is 16.7. The van der Waals surface area contributed by atoms with Crippen molar-refractivity contribution in [2.45, 2.75) is 31.7 Å². The Hall–Kier alpha value is -0.700. The average Bonchev–Trinajstić information content (AvgIpc) is 2.49. The van der Waals surface area contributed by atoms with Gasteiger partial charge >= 0.3 is 0 Å². The number of halogens is 1. The molecular formula is C15H22BrN3O2S2. The van der Waals surface area contributed by atoms with Crippen molar-refractivity contribution in [2.24, 2.45) is 0 Å². The van der Waals surface area contributed by atoms with Crippen LogP contribution in [0.3, 0.4) is 0 Å². The van der Waals surface area contributed by atoms with E-state index >= 15 is 0 Å². The van der Waals surface area contributed by atoms with E-state index in [1.54, 1.807) is 18.2 Å². The number of rotatable bonds is 3. The number of sulfonamides is 1. The summed E-state index contributed by atoms with van der Waals surface area (Å²) in [5.41, 5.74) is 0.909. The molecule has 0 atom stereocenters. The molecule has 1 saturated heterocycles. The van der Waals surface area contributed by atoms with Crippen LogP contribution < -0.4 is 5.32 Å². The first-order chi connectivity index (χ1) is 10.7. The first-order valence-corrected chi connectivity index (χ1v) is 10.2. The van der Waals surface area contributed by atoms with Crippen molar-refractivity contribution in [2.75, 3.05) is 26.2 Å². The van der Waals surface area contributed by atoms with Gasteiger partial charge in [0.25, 0.3) is 0 Å². The summed E-state index contributed by atoms with van der Waals surface area (Å²) in [6, 6.07) is 5.40. The van der Waals surface area contributed by atoms with Crippen LogP contribution in [0.1, 0.15) is 19.4 Å². The molecule has 0 bridgehead atoms. The Kier molecular flexibility index (Phi) is 6.05. The molecule has 1 heterocycles. The monoisotopic (exact) mass is 419 g/mol. The van der Waals surface area contributed by atoms with Crippen LogP contribution in [0, 0.1) is 6.92 Å². The van der Waals surface area contributed by atoms with Crippen LogP contribution in [0.5, 0.6) is 0 Å². The summed E-state index contributed by atoms with van der Waals surface area (Å²) in [7, 11) is -3.45. The van der Waals surface area contributed by atoms with Gasteiger partial charge < -0.3 is 10.2 Å². The number of hydrogen-bond donors (Lipinski definition) is 1. The molecule has 23 heavy (non-hydrogen) atoms. The van der Waals surface area contributed by atoms with E-state index in [0.717, 1.165) is 10.0 Å². The Balaban J connectivity index is 2.06. The maximum Gasteiger partial charge on any atom is 0.243 e. The van der Waals surface area contributed by atoms with Gasteiger partial charge in [-0.2, -0.15) is 4.31 Å². The molecule has 0 amide bonds. The minimum atomic E-state index is -3.45. The van der Waals surface area contributed by atoms with E-state index in [4.69, 9.17) is 12.2 Å². The molecule has 1 fully saturated rings. The van der Waals surface area contributed by atoms with Gasteiger partial charge in [-0.15, -0.1) is 0 Å². The standard InChI is InChI=1S/C15H22BrN3O2S2/c1-11(2)17-15(22)18-6-8-19(9-7-18)23(20,21)13-4-5-14(16)12(3)10-13/h4-5,10-11H,6-9H2,1-3H3,(H,17,22). The Bertz CT molecular complexity index is 684. The molecule has 1 aromatic rings. The highest BCUT2D eigenvalue weighted by atomic mass is 79.9. The molecule has 0 spiro atoms. The number of aryl methyl sites for hydroxylation is 1. The minimum absolute atomic E-state index is 0.273. The van der Waals surface area contributed by atoms with E-state index < -0.39 is 10.0 Å². The first-order valence-electron chi connectivity index (χ1n) is 7.53. The molecule has 1 aliphatic rings. The fourth-order valence-corrected chi connectivity index (χ4v) is 4.57. The van der Waals surface area contributed by atoms with Crippen LogP contribution in [-0.4, -0.2) is 55.0 Å². The lowest BCUT2D eigenvalue weighted by Gasteiger charge is -2.36. The van der Waals surface area contributed by atoms with Crippen molar-refractivity contribution in [3.63, 3.8) is 0 Å². The first kappa shape index (κ1) is 18.6. The number of nitrogens with one attached hydrogen (secondary N) is 1. The summed E-state index contributed by atoms with van der Waals surface area (Å²) in [5, 5.41) is 3.89. The molecule has 1 aliphatic heterocycles. The number of nitrogens with zero attached hydrogens (tertiary/aromatic N) is 2. The van der Waals surface area contributed by atoms with E-state index in [1.165, 1.54) is 4.31 Å². The van der Waals surface area contributed by atoms with Crippen molar-refractivity contribution in [1.29, 1.82) is 0 Å². The van der Waals surface area contributed by atoms with E-state index in [-0.39, 0.29) is 6.04 Å². The maximum atomic E-state index is 12.7. The fraction of sp³-hybridized carbons (Fsp3) is 0.533. The molecule has 2 rings (SSSR count). The van der Waals surface area contributed by atoms with Crippen LogP contribution in [0.25, 0.3) is 0 Å². The third kappa shape index (κ3) is 4.43. The van der Waals surface area contributed by atoms with Crippen molar-refractivity contribution in [3.05, 3.63) is 28.2 Å². The predicted molar refractivity (Wildman–Crippen MR) is 100 cm³/mol. The summed E-state index contributed by atoms with van der Waals surface area (Å²) in [5.74, 6) is 0. The molecule has 128 valence electrons. The van der Waals surface area contributed by atoms with Gasteiger partial charge in [-0.25, -0.2) is 8.42 Å². The van der Waals surface area contributed by atoms with Gasteiger partial charge in [0.05, 0.1) is 4.90 Å². The zero-order chi connectivity index (χ0) is 17.2. The summed E-state index contributed by atoms with van der Waals surface area (Å²) in [4.78, 5) is 2.36. The number of thiocarbonyl (C=S) groups is 1. The SMILES string of the molecule is Cc1cc(S(=O)(=O)N2CCN(C(=S)NC(C)C)CC2)ccc1Br. The van der Waals surface area contributed by atoms with Gasteiger partial charge in [0.2, 0.25) is 10.0 Å². The molecule has 5 nitrogen and oxygen atoms in total. The van der Waals surface area contributed by atoms with Gasteiger partial charge in [-0.05, 0) is 56.8 Å². The quantitative estimate of drug-likeness (QED) is 0.761. The maximum absolute atomic E-state index is 12.7. The second-order valence-corrected chi connectivity index (χ2v) is 9.09. The van der Waals surface area contributed by atoms with Gasteiger partial charge in [-0.1, -0.05) is 15.9 Å². The molecule has 1 aromatic carbocycles. The summed E-state index contributed by atoms with van der Waals surface area (Å²) >= 11 is 8.75. The van der Waals surface area contributed by atoms with Gasteiger partial charge in [0, 0.05) is 36.7 Å². The van der Waals surface area contributed by atoms with Gasteiger partial charge in [0.1, 0.15) is 0 Å². The van der Waals surface area contributed by atoms with Crippen LogP contribution in [0.15, 0.2) is 27.6 Å². The topological polar surface area (TPSA) is 52.7 Å². The lowest BCUT2D eigenvalue weighted by molar-refractivity contribution is 0.263.